The summed E-state index contributed by atoms with van der Waals surface area (Å²) in [5.74, 6) is 0.545. The van der Waals surface area contributed by atoms with Crippen molar-refractivity contribution in [2.24, 2.45) is 0 Å². The van der Waals surface area contributed by atoms with Crippen LogP contribution in [0.3, 0.4) is 0 Å². The van der Waals surface area contributed by atoms with Crippen LogP contribution >= 0.6 is 0 Å². The number of fused-ring (bicyclic) bond motifs is 2. The van der Waals surface area contributed by atoms with Crippen molar-refractivity contribution < 1.29 is 14.3 Å². The Morgan fingerprint density at radius 2 is 1.93 bits per heavy atom. The van der Waals surface area contributed by atoms with Crippen LogP contribution in [0.4, 0.5) is 0 Å². The zero-order valence-electron chi connectivity index (χ0n) is 17.2. The van der Waals surface area contributed by atoms with Gasteiger partial charge in [0.15, 0.2) is 0 Å². The molecule has 1 aromatic carbocycles. The Bertz CT molecular complexity index is 1150. The van der Waals surface area contributed by atoms with Crippen LogP contribution in [-0.2, 0) is 0 Å². The fourth-order valence-electron chi connectivity index (χ4n) is 3.73. The van der Waals surface area contributed by atoms with Crippen molar-refractivity contribution in [3.8, 4) is 17.3 Å². The molecule has 0 fully saturated rings. The summed E-state index contributed by atoms with van der Waals surface area (Å²) in [5.41, 5.74) is 4.65. The second-order valence-electron chi connectivity index (χ2n) is 7.48. The second-order valence-corrected chi connectivity index (χ2v) is 7.48. The molecule has 8 heteroatoms. The molecule has 0 radical (unpaired) electrons. The van der Waals surface area contributed by atoms with E-state index in [1.165, 1.54) is 4.90 Å². The van der Waals surface area contributed by atoms with Gasteiger partial charge in [0.25, 0.3) is 11.8 Å². The molecular formula is C21H23N5O3. The number of carbonyl (C=O) groups is 2. The van der Waals surface area contributed by atoms with Crippen LogP contribution in [0.15, 0.2) is 18.3 Å². The number of hydrogen-bond donors (Lipinski definition) is 1. The van der Waals surface area contributed by atoms with Gasteiger partial charge in [-0.3, -0.25) is 14.5 Å². The molecule has 1 aliphatic rings. The van der Waals surface area contributed by atoms with Gasteiger partial charge in [0, 0.05) is 19.3 Å². The van der Waals surface area contributed by atoms with Crippen molar-refractivity contribution in [3.63, 3.8) is 0 Å². The van der Waals surface area contributed by atoms with Crippen molar-refractivity contribution >= 4 is 22.8 Å². The number of H-pyrrole nitrogens is 1. The van der Waals surface area contributed by atoms with Gasteiger partial charge in [0.2, 0.25) is 5.88 Å². The van der Waals surface area contributed by atoms with Crippen molar-refractivity contribution in [1.29, 1.82) is 0 Å². The van der Waals surface area contributed by atoms with Gasteiger partial charge >= 0.3 is 0 Å². The molecule has 3 aromatic rings. The number of nitrogens with zero attached hydrogens (tertiary/aromatic N) is 4. The number of hydrogen-bond acceptors (Lipinski definition) is 6. The van der Waals surface area contributed by atoms with E-state index < -0.39 is 0 Å². The number of imidazole rings is 1. The predicted molar refractivity (Wildman–Crippen MR) is 109 cm³/mol. The predicted octanol–water partition coefficient (Wildman–Crippen LogP) is 2.41. The molecular weight excluding hydrogens is 370 g/mol. The lowest BCUT2D eigenvalue weighted by molar-refractivity contribution is 0.0644. The maximum absolute atomic E-state index is 12.9. The Kier molecular flexibility index (Phi) is 4.58. The average molecular weight is 393 g/mol. The Labute approximate surface area is 168 Å². The van der Waals surface area contributed by atoms with Crippen LogP contribution in [0, 0.1) is 13.8 Å². The van der Waals surface area contributed by atoms with E-state index in [1.54, 1.807) is 19.4 Å². The molecule has 2 aromatic heterocycles. The molecule has 4 rings (SSSR count). The molecule has 0 saturated carbocycles. The standard InChI is InChI=1S/C21H23N5O3/c1-11-6-7-22-19(29-5)15(11)18-23-14-10-13-16(12(2)17(14)24-18)21(28)26(20(13)27)9-8-25(3)4/h6-7,10H,8-9H2,1-5H3,(H,23,24). The molecule has 0 atom stereocenters. The van der Waals surface area contributed by atoms with Crippen LogP contribution < -0.4 is 4.74 Å². The Balaban J connectivity index is 1.83. The molecule has 0 unspecified atom stereocenters. The minimum Gasteiger partial charge on any atom is -0.480 e. The first kappa shape index (κ1) is 19.1. The fraction of sp³-hybridized carbons (Fsp3) is 0.333. The summed E-state index contributed by atoms with van der Waals surface area (Å²) < 4.78 is 5.39. The zero-order valence-corrected chi connectivity index (χ0v) is 17.2. The van der Waals surface area contributed by atoms with Gasteiger partial charge in [-0.15, -0.1) is 0 Å². The van der Waals surface area contributed by atoms with Crippen LogP contribution in [-0.4, -0.2) is 70.9 Å². The minimum atomic E-state index is -0.261. The van der Waals surface area contributed by atoms with Gasteiger partial charge < -0.3 is 14.6 Å². The number of aryl methyl sites for hydroxylation is 2. The number of rotatable bonds is 5. The van der Waals surface area contributed by atoms with Gasteiger partial charge in [-0.1, -0.05) is 0 Å². The molecule has 1 N–H and O–H groups in total. The Morgan fingerprint density at radius 1 is 1.17 bits per heavy atom. The highest BCUT2D eigenvalue weighted by atomic mass is 16.5. The first-order valence-electron chi connectivity index (χ1n) is 9.37. The number of imide groups is 1. The van der Waals surface area contributed by atoms with Crippen LogP contribution in [0.2, 0.25) is 0 Å². The molecule has 1 aliphatic heterocycles. The van der Waals surface area contributed by atoms with Crippen LogP contribution in [0.1, 0.15) is 31.8 Å². The summed E-state index contributed by atoms with van der Waals surface area (Å²) in [6.07, 6.45) is 1.68. The quantitative estimate of drug-likeness (QED) is 0.670. The number of ether oxygens (including phenoxy) is 1. The minimum absolute atomic E-state index is 0.258. The van der Waals surface area contributed by atoms with Gasteiger partial charge in [0.05, 0.1) is 34.8 Å². The van der Waals surface area contributed by atoms with Crippen molar-refractivity contribution in [2.75, 3.05) is 34.3 Å². The highest BCUT2D eigenvalue weighted by Gasteiger charge is 2.38. The number of carbonyl (C=O) groups excluding carboxylic acids is 2. The first-order valence-corrected chi connectivity index (χ1v) is 9.37. The summed E-state index contributed by atoms with van der Waals surface area (Å²) >= 11 is 0. The van der Waals surface area contributed by atoms with E-state index in [4.69, 9.17) is 9.72 Å². The number of aromatic nitrogens is 3. The van der Waals surface area contributed by atoms with E-state index in [0.717, 1.165) is 11.1 Å². The monoisotopic (exact) mass is 393 g/mol. The van der Waals surface area contributed by atoms with Crippen molar-refractivity contribution in [3.05, 3.63) is 40.6 Å². The maximum atomic E-state index is 12.9. The number of amides is 2. The SMILES string of the molecule is COc1nccc(C)c1-c1nc2c(C)c3c(cc2[nH]1)C(=O)N(CCN(C)C)C3=O. The number of aromatic amines is 1. The highest BCUT2D eigenvalue weighted by Crippen LogP contribution is 2.35. The molecule has 0 spiro atoms. The topological polar surface area (TPSA) is 91.4 Å². The van der Waals surface area contributed by atoms with E-state index >= 15 is 0 Å². The number of pyridine rings is 1. The average Bonchev–Trinajstić information content (AvgIpc) is 3.20. The van der Waals surface area contributed by atoms with E-state index in [-0.39, 0.29) is 11.8 Å². The molecule has 29 heavy (non-hydrogen) atoms. The molecule has 3 heterocycles. The van der Waals surface area contributed by atoms with Crippen LogP contribution in [0.5, 0.6) is 5.88 Å². The Hall–Kier alpha value is -3.26. The highest BCUT2D eigenvalue weighted by molar-refractivity contribution is 6.23. The number of methoxy groups -OCH3 is 1. The van der Waals surface area contributed by atoms with Gasteiger partial charge in [-0.2, -0.15) is 0 Å². The zero-order chi connectivity index (χ0) is 20.9. The smallest absolute Gasteiger partial charge is 0.261 e. The van der Waals surface area contributed by atoms with E-state index in [1.807, 2.05) is 38.9 Å². The molecule has 0 aliphatic carbocycles. The number of benzene rings is 1. The van der Waals surface area contributed by atoms with Crippen molar-refractivity contribution in [1.82, 2.24) is 24.8 Å². The number of nitrogens with one attached hydrogen (secondary N) is 1. The molecule has 2 amide bonds. The van der Waals surface area contributed by atoms with Crippen molar-refractivity contribution in [2.45, 2.75) is 13.8 Å². The van der Waals surface area contributed by atoms with E-state index in [0.29, 0.717) is 52.5 Å². The summed E-state index contributed by atoms with van der Waals surface area (Å²) in [4.78, 5) is 41.3. The first-order chi connectivity index (χ1) is 13.8. The molecule has 150 valence electrons. The summed E-state index contributed by atoms with van der Waals surface area (Å²) in [5, 5.41) is 0. The van der Waals surface area contributed by atoms with Gasteiger partial charge in [0.1, 0.15) is 5.82 Å². The number of likely N-dealkylation sites (N-methyl/N-ethyl adjacent to an activating group) is 1. The van der Waals surface area contributed by atoms with Gasteiger partial charge in [-0.25, -0.2) is 9.97 Å². The summed E-state index contributed by atoms with van der Waals surface area (Å²) in [7, 11) is 5.38. The third-order valence-corrected chi connectivity index (χ3v) is 5.28. The lowest BCUT2D eigenvalue weighted by atomic mass is 10.0. The molecule has 0 bridgehead atoms. The largest absolute Gasteiger partial charge is 0.480 e. The Morgan fingerprint density at radius 3 is 2.62 bits per heavy atom. The summed E-state index contributed by atoms with van der Waals surface area (Å²) in [6.45, 7) is 4.76. The molecule has 8 nitrogen and oxygen atoms in total. The molecule has 0 saturated heterocycles. The third-order valence-electron chi connectivity index (χ3n) is 5.28. The fourth-order valence-corrected chi connectivity index (χ4v) is 3.73. The van der Waals surface area contributed by atoms with E-state index in [9.17, 15) is 9.59 Å². The van der Waals surface area contributed by atoms with E-state index in [2.05, 4.69) is 9.97 Å². The lowest BCUT2D eigenvalue weighted by Gasteiger charge is -2.16. The lowest BCUT2D eigenvalue weighted by Crippen LogP contribution is -2.36. The summed E-state index contributed by atoms with van der Waals surface area (Å²) in [6, 6.07) is 3.61. The van der Waals surface area contributed by atoms with Gasteiger partial charge in [-0.05, 0) is 51.2 Å². The normalized spacial score (nSPS) is 13.7. The second kappa shape index (κ2) is 6.97. The third kappa shape index (κ3) is 2.96. The maximum Gasteiger partial charge on any atom is 0.261 e. The van der Waals surface area contributed by atoms with Crippen LogP contribution in [0.25, 0.3) is 22.4 Å².